The molecule has 130 valence electrons. The van der Waals surface area contributed by atoms with Gasteiger partial charge < -0.3 is 9.47 Å². The maximum absolute atomic E-state index is 12.9. The number of nitrogens with zero attached hydrogens (tertiary/aromatic N) is 2. The molecule has 0 fully saturated rings. The molecule has 5 nitrogen and oxygen atoms in total. The summed E-state index contributed by atoms with van der Waals surface area (Å²) in [6.45, 7) is 0.152. The Hall–Kier alpha value is -2.55. The van der Waals surface area contributed by atoms with Crippen molar-refractivity contribution in [2.24, 2.45) is 0 Å². The fourth-order valence-electron chi connectivity index (χ4n) is 2.69. The van der Waals surface area contributed by atoms with E-state index >= 15 is 0 Å². The highest BCUT2D eigenvalue weighted by molar-refractivity contribution is 7.15. The number of hydrogen-bond acceptors (Lipinski definition) is 5. The maximum atomic E-state index is 12.9. The minimum Gasteiger partial charge on any atom is -0.454 e. The highest BCUT2D eigenvalue weighted by Crippen LogP contribution is 2.34. The molecule has 25 heavy (non-hydrogen) atoms. The topological polar surface area (TPSA) is 52.8 Å². The molecule has 1 aromatic carbocycles. The van der Waals surface area contributed by atoms with Crippen molar-refractivity contribution in [2.75, 3.05) is 6.79 Å². The number of benzene rings is 1. The van der Waals surface area contributed by atoms with Crippen LogP contribution in [0.4, 0.5) is 13.2 Å². The molecule has 3 aromatic rings. The van der Waals surface area contributed by atoms with Crippen LogP contribution in [-0.4, -0.2) is 22.0 Å². The lowest BCUT2D eigenvalue weighted by Crippen LogP contribution is -2.08. The highest BCUT2D eigenvalue weighted by Gasteiger charge is 2.35. The molecular weight excluding hydrogens is 357 g/mol. The third-order valence-corrected chi connectivity index (χ3v) is 4.83. The van der Waals surface area contributed by atoms with Crippen LogP contribution in [0, 0.1) is 0 Å². The van der Waals surface area contributed by atoms with E-state index in [1.165, 1.54) is 0 Å². The van der Waals surface area contributed by atoms with Gasteiger partial charge in [0.1, 0.15) is 22.6 Å². The lowest BCUT2D eigenvalue weighted by molar-refractivity contribution is -0.141. The minimum absolute atomic E-state index is 0.0250. The summed E-state index contributed by atoms with van der Waals surface area (Å²) in [5.74, 6) is 1.08. The number of imidazole rings is 1. The number of thiazole rings is 1. The molecule has 0 saturated heterocycles. The van der Waals surface area contributed by atoms with E-state index in [1.807, 2.05) is 0 Å². The van der Waals surface area contributed by atoms with Crippen LogP contribution in [0.25, 0.3) is 4.83 Å². The fourth-order valence-corrected chi connectivity index (χ4v) is 3.68. The van der Waals surface area contributed by atoms with Gasteiger partial charge in [-0.3, -0.25) is 9.20 Å². The number of aromatic nitrogens is 2. The van der Waals surface area contributed by atoms with E-state index in [4.69, 9.17) is 9.47 Å². The third-order valence-electron chi connectivity index (χ3n) is 3.83. The number of carbonyl (C=O) groups is 1. The number of Topliss-reactive ketones (excluding diaryl/α,β-unsaturated/α-hetero) is 1. The zero-order valence-corrected chi connectivity index (χ0v) is 13.5. The SMILES string of the molecule is O=C(Cc1ccc2c(c1)OCO2)Cc1ncn2c(C(F)(F)F)csc12. The first-order valence-corrected chi connectivity index (χ1v) is 8.20. The van der Waals surface area contributed by atoms with Crippen molar-refractivity contribution >= 4 is 22.0 Å². The van der Waals surface area contributed by atoms with Crippen molar-refractivity contribution in [3.8, 4) is 11.5 Å². The molecule has 1 aliphatic rings. The first-order valence-electron chi connectivity index (χ1n) is 7.32. The van der Waals surface area contributed by atoms with Crippen molar-refractivity contribution in [1.82, 2.24) is 9.38 Å². The Balaban J connectivity index is 1.51. The van der Waals surface area contributed by atoms with Crippen LogP contribution < -0.4 is 9.47 Å². The molecule has 0 radical (unpaired) electrons. The predicted octanol–water partition coefficient (Wildman–Crippen LogP) is 3.50. The monoisotopic (exact) mass is 368 g/mol. The summed E-state index contributed by atoms with van der Waals surface area (Å²) < 4.78 is 50.1. The molecule has 2 aromatic heterocycles. The Morgan fingerprint density at radius 3 is 2.84 bits per heavy atom. The Labute approximate surface area is 143 Å². The Kier molecular flexibility index (Phi) is 3.68. The zero-order valence-electron chi connectivity index (χ0n) is 12.7. The van der Waals surface area contributed by atoms with Crippen LogP contribution >= 0.6 is 11.3 Å². The van der Waals surface area contributed by atoms with Gasteiger partial charge in [0.2, 0.25) is 6.79 Å². The van der Waals surface area contributed by atoms with Crippen molar-refractivity contribution in [3.05, 3.63) is 46.9 Å². The predicted molar refractivity (Wildman–Crippen MR) is 83.1 cm³/mol. The van der Waals surface area contributed by atoms with Gasteiger partial charge >= 0.3 is 6.18 Å². The van der Waals surface area contributed by atoms with E-state index in [9.17, 15) is 18.0 Å². The molecule has 4 rings (SSSR count). The molecule has 0 aliphatic carbocycles. The second kappa shape index (κ2) is 5.76. The normalized spacial score (nSPS) is 13.6. The Morgan fingerprint density at radius 2 is 2.04 bits per heavy atom. The molecule has 0 atom stereocenters. The fraction of sp³-hybridized carbons (Fsp3) is 0.250. The van der Waals surface area contributed by atoms with Gasteiger partial charge in [0.15, 0.2) is 11.5 Å². The van der Waals surface area contributed by atoms with Crippen LogP contribution in [-0.2, 0) is 23.8 Å². The lowest BCUT2D eigenvalue weighted by atomic mass is 10.1. The molecule has 0 N–H and O–H groups in total. The summed E-state index contributed by atoms with van der Waals surface area (Å²) in [6, 6.07) is 5.23. The van der Waals surface area contributed by atoms with E-state index in [1.54, 1.807) is 18.2 Å². The van der Waals surface area contributed by atoms with Gasteiger partial charge in [0.25, 0.3) is 0 Å². The molecule has 9 heteroatoms. The van der Waals surface area contributed by atoms with Gasteiger partial charge in [-0.05, 0) is 17.7 Å². The highest BCUT2D eigenvalue weighted by atomic mass is 32.1. The number of halogens is 3. The minimum atomic E-state index is -4.45. The first kappa shape index (κ1) is 15.9. The van der Waals surface area contributed by atoms with E-state index in [0.29, 0.717) is 22.0 Å². The van der Waals surface area contributed by atoms with Crippen molar-refractivity contribution < 1.29 is 27.4 Å². The molecule has 0 spiro atoms. The third kappa shape index (κ3) is 2.95. The van der Waals surface area contributed by atoms with Gasteiger partial charge in [-0.25, -0.2) is 4.98 Å². The van der Waals surface area contributed by atoms with Gasteiger partial charge in [0.05, 0.1) is 12.1 Å². The molecule has 3 heterocycles. The number of ketones is 1. The number of hydrogen-bond donors (Lipinski definition) is 0. The molecule has 0 saturated carbocycles. The van der Waals surface area contributed by atoms with Crippen LogP contribution in [0.2, 0.25) is 0 Å². The van der Waals surface area contributed by atoms with Gasteiger partial charge in [-0.15, -0.1) is 11.3 Å². The van der Waals surface area contributed by atoms with E-state index in [-0.39, 0.29) is 25.4 Å². The standard InChI is InChI=1S/C16H11F3N2O3S/c17-16(18,19)14-6-25-15-11(20-7-21(14)15)5-10(22)3-9-1-2-12-13(4-9)24-8-23-12/h1-2,4,6-7H,3,5,8H2. The van der Waals surface area contributed by atoms with Gasteiger partial charge in [-0.2, -0.15) is 13.2 Å². The summed E-state index contributed by atoms with van der Waals surface area (Å²) >= 11 is 0.930. The maximum Gasteiger partial charge on any atom is 0.432 e. The zero-order chi connectivity index (χ0) is 17.6. The summed E-state index contributed by atoms with van der Waals surface area (Å²) in [7, 11) is 0. The smallest absolute Gasteiger partial charge is 0.432 e. The Morgan fingerprint density at radius 1 is 1.24 bits per heavy atom. The molecular formula is C16H11F3N2O3S. The molecule has 0 unspecified atom stereocenters. The van der Waals surface area contributed by atoms with Crippen molar-refractivity contribution in [3.63, 3.8) is 0 Å². The van der Waals surface area contributed by atoms with Gasteiger partial charge in [0, 0.05) is 11.8 Å². The quantitative estimate of drug-likeness (QED) is 0.707. The number of fused-ring (bicyclic) bond motifs is 2. The van der Waals surface area contributed by atoms with Crippen LogP contribution in [0.15, 0.2) is 29.9 Å². The first-order chi connectivity index (χ1) is 11.9. The number of alkyl halides is 3. The van der Waals surface area contributed by atoms with E-state index < -0.39 is 11.9 Å². The number of ether oxygens (including phenoxy) is 2. The molecule has 0 bridgehead atoms. The van der Waals surface area contributed by atoms with Crippen molar-refractivity contribution in [1.29, 1.82) is 0 Å². The van der Waals surface area contributed by atoms with Crippen molar-refractivity contribution in [2.45, 2.75) is 19.0 Å². The second-order valence-corrected chi connectivity index (χ2v) is 6.42. The summed E-state index contributed by atoms with van der Waals surface area (Å²) in [5, 5.41) is 1.03. The summed E-state index contributed by atoms with van der Waals surface area (Å²) in [5.41, 5.74) is 0.326. The second-order valence-electron chi connectivity index (χ2n) is 5.56. The molecule has 0 amide bonds. The number of rotatable bonds is 4. The molecule has 1 aliphatic heterocycles. The largest absolute Gasteiger partial charge is 0.454 e. The Bertz CT molecular complexity index is 961. The van der Waals surface area contributed by atoms with Gasteiger partial charge in [-0.1, -0.05) is 6.07 Å². The van der Waals surface area contributed by atoms with Crippen LogP contribution in [0.3, 0.4) is 0 Å². The van der Waals surface area contributed by atoms with E-state index in [2.05, 4.69) is 4.98 Å². The number of carbonyl (C=O) groups excluding carboxylic acids is 1. The van der Waals surface area contributed by atoms with Crippen LogP contribution in [0.5, 0.6) is 11.5 Å². The van der Waals surface area contributed by atoms with E-state index in [0.717, 1.165) is 33.0 Å². The van der Waals surface area contributed by atoms with Crippen LogP contribution in [0.1, 0.15) is 17.0 Å². The lowest BCUT2D eigenvalue weighted by Gasteiger charge is -2.03. The summed E-state index contributed by atoms with van der Waals surface area (Å²) in [6.07, 6.45) is -3.22. The summed E-state index contributed by atoms with van der Waals surface area (Å²) in [4.78, 5) is 16.6. The average Bonchev–Trinajstić information content (AvgIpc) is 3.22. The average molecular weight is 368 g/mol.